The number of nitrogens with zero attached hydrogens (tertiary/aromatic N) is 3. The Hall–Kier alpha value is -3.44. The number of rotatable bonds is 11. The molecule has 0 aliphatic carbocycles. The second-order valence-electron chi connectivity index (χ2n) is 6.66. The summed E-state index contributed by atoms with van der Waals surface area (Å²) in [6, 6.07) is 9.88. The van der Waals surface area contributed by atoms with E-state index in [2.05, 4.69) is 14.8 Å². The van der Waals surface area contributed by atoms with E-state index in [1.807, 2.05) is 5.38 Å². The first-order valence-corrected chi connectivity index (χ1v) is 11.0. The van der Waals surface area contributed by atoms with Gasteiger partial charge in [0.1, 0.15) is 5.75 Å². The summed E-state index contributed by atoms with van der Waals surface area (Å²) >= 11 is 1.39. The van der Waals surface area contributed by atoms with Crippen molar-refractivity contribution in [1.82, 2.24) is 4.68 Å². The monoisotopic (exact) mass is 493 g/mol. The van der Waals surface area contributed by atoms with Crippen LogP contribution >= 0.6 is 11.3 Å². The molecule has 0 aliphatic heterocycles. The molecule has 0 radical (unpaired) electrons. The van der Waals surface area contributed by atoms with Crippen LogP contribution in [0.3, 0.4) is 0 Å². The molecule has 1 aromatic heterocycles. The maximum atomic E-state index is 12.5. The van der Waals surface area contributed by atoms with Gasteiger partial charge in [-0.05, 0) is 36.4 Å². The van der Waals surface area contributed by atoms with Gasteiger partial charge >= 0.3 is 6.61 Å². The Bertz CT molecular complexity index is 1180. The van der Waals surface area contributed by atoms with E-state index in [4.69, 9.17) is 18.9 Å². The normalized spacial score (nSPS) is 11.9. The van der Waals surface area contributed by atoms with Gasteiger partial charge in [-0.15, -0.1) is 11.3 Å². The number of methoxy groups -OCH3 is 4. The second-order valence-corrected chi connectivity index (χ2v) is 7.50. The minimum Gasteiger partial charge on any atom is -0.493 e. The first-order chi connectivity index (χ1) is 16.5. The number of alkyl halides is 2. The van der Waals surface area contributed by atoms with Gasteiger partial charge in [0.05, 0.1) is 46.4 Å². The molecule has 0 aliphatic rings. The molecule has 34 heavy (non-hydrogen) atoms. The lowest BCUT2D eigenvalue weighted by Crippen LogP contribution is -2.14. The summed E-state index contributed by atoms with van der Waals surface area (Å²) < 4.78 is 52.5. The van der Waals surface area contributed by atoms with Crippen molar-refractivity contribution >= 4 is 17.6 Å². The number of aromatic nitrogens is 1. The summed E-state index contributed by atoms with van der Waals surface area (Å²) in [6.07, 6.45) is 1.63. The van der Waals surface area contributed by atoms with Gasteiger partial charge in [0.2, 0.25) is 10.6 Å². The fourth-order valence-electron chi connectivity index (χ4n) is 3.10. The third kappa shape index (κ3) is 5.91. The molecule has 0 amide bonds. The highest BCUT2D eigenvalue weighted by molar-refractivity contribution is 7.07. The summed E-state index contributed by atoms with van der Waals surface area (Å²) in [6.45, 7) is -1.98. The first kappa shape index (κ1) is 25.2. The second kappa shape index (κ2) is 12.1. The van der Waals surface area contributed by atoms with Crippen LogP contribution in [0.4, 0.5) is 8.78 Å². The van der Waals surface area contributed by atoms with E-state index in [1.54, 1.807) is 49.4 Å². The zero-order chi connectivity index (χ0) is 24.5. The van der Waals surface area contributed by atoms with Gasteiger partial charge in [0, 0.05) is 23.6 Å². The van der Waals surface area contributed by atoms with Crippen LogP contribution in [0, 0.1) is 0 Å². The largest absolute Gasteiger partial charge is 0.493 e. The smallest absolute Gasteiger partial charge is 0.387 e. The number of hydrogen-bond donors (Lipinski definition) is 0. The van der Waals surface area contributed by atoms with E-state index in [-0.39, 0.29) is 5.75 Å². The third-order valence-electron chi connectivity index (χ3n) is 4.65. The Kier molecular flexibility index (Phi) is 9.00. The molecule has 0 spiro atoms. The number of halogens is 2. The summed E-state index contributed by atoms with van der Waals surface area (Å²) in [5.74, 6) is 1.52. The number of benzene rings is 2. The van der Waals surface area contributed by atoms with Crippen LogP contribution in [-0.2, 0) is 4.74 Å². The molecule has 0 saturated heterocycles. The minimum atomic E-state index is -2.89. The van der Waals surface area contributed by atoms with E-state index in [1.165, 1.54) is 37.7 Å². The van der Waals surface area contributed by atoms with E-state index in [9.17, 15) is 8.78 Å². The standard InChI is InChI=1S/C23H25F2N3O5S/c1-29-12-11-26-23-28(18(14-34-23)15-5-8-17(9-6-15)33-22(24)25)27-13-16-7-10-19(30-2)21(32-4)20(16)31-3/h5-10,13-14,22H,11-12H2,1-4H3. The van der Waals surface area contributed by atoms with Crippen LogP contribution in [0.15, 0.2) is 51.9 Å². The van der Waals surface area contributed by atoms with Crippen LogP contribution in [0.5, 0.6) is 23.0 Å². The summed E-state index contributed by atoms with van der Waals surface area (Å²) in [5.41, 5.74) is 2.14. The van der Waals surface area contributed by atoms with Gasteiger partial charge in [-0.2, -0.15) is 13.9 Å². The molecule has 11 heteroatoms. The SMILES string of the molecule is COCCN=c1scc(-c2ccc(OC(F)F)cc2)n1N=Cc1ccc(OC)c(OC)c1OC. The molecule has 8 nitrogen and oxygen atoms in total. The predicted molar refractivity (Wildman–Crippen MR) is 126 cm³/mol. The van der Waals surface area contributed by atoms with Gasteiger partial charge in [-0.3, -0.25) is 4.99 Å². The van der Waals surface area contributed by atoms with Crippen molar-refractivity contribution in [2.75, 3.05) is 41.6 Å². The van der Waals surface area contributed by atoms with Gasteiger partial charge in [-0.25, -0.2) is 4.68 Å². The van der Waals surface area contributed by atoms with Crippen molar-refractivity contribution in [3.8, 4) is 34.3 Å². The molecule has 2 aromatic carbocycles. The molecule has 0 N–H and O–H groups in total. The summed E-state index contributed by atoms with van der Waals surface area (Å²) in [5, 5.41) is 6.53. The molecule has 182 valence electrons. The van der Waals surface area contributed by atoms with E-state index in [0.717, 1.165) is 11.3 Å². The molecule has 0 bridgehead atoms. The quantitative estimate of drug-likeness (QED) is 0.295. The maximum absolute atomic E-state index is 12.5. The number of ether oxygens (including phenoxy) is 5. The highest BCUT2D eigenvalue weighted by Gasteiger charge is 2.15. The van der Waals surface area contributed by atoms with Crippen LogP contribution in [0.25, 0.3) is 11.3 Å². The average Bonchev–Trinajstić information content (AvgIpc) is 3.24. The Morgan fingerprint density at radius 2 is 1.71 bits per heavy atom. The fraction of sp³-hybridized carbons (Fsp3) is 0.304. The van der Waals surface area contributed by atoms with Crippen LogP contribution < -0.4 is 23.7 Å². The average molecular weight is 494 g/mol. The van der Waals surface area contributed by atoms with Crippen molar-refractivity contribution in [2.24, 2.45) is 10.1 Å². The van der Waals surface area contributed by atoms with E-state index in [0.29, 0.717) is 40.8 Å². The lowest BCUT2D eigenvalue weighted by Gasteiger charge is -2.13. The Balaban J connectivity index is 2.05. The fourth-order valence-corrected chi connectivity index (χ4v) is 3.97. The van der Waals surface area contributed by atoms with Crippen LogP contribution in [0.2, 0.25) is 0 Å². The molecule has 0 saturated carbocycles. The van der Waals surface area contributed by atoms with Gasteiger partial charge in [0.15, 0.2) is 11.5 Å². The molecule has 0 fully saturated rings. The van der Waals surface area contributed by atoms with Crippen molar-refractivity contribution in [3.05, 3.63) is 52.1 Å². The highest BCUT2D eigenvalue weighted by Crippen LogP contribution is 2.39. The predicted octanol–water partition coefficient (Wildman–Crippen LogP) is 4.27. The Morgan fingerprint density at radius 1 is 0.971 bits per heavy atom. The lowest BCUT2D eigenvalue weighted by molar-refractivity contribution is -0.0498. The highest BCUT2D eigenvalue weighted by atomic mass is 32.1. The summed E-state index contributed by atoms with van der Waals surface area (Å²) in [7, 11) is 6.21. The molecule has 0 unspecified atom stereocenters. The molecule has 3 rings (SSSR count). The Morgan fingerprint density at radius 3 is 2.32 bits per heavy atom. The lowest BCUT2D eigenvalue weighted by atomic mass is 10.1. The van der Waals surface area contributed by atoms with Crippen LogP contribution in [-0.4, -0.2) is 59.1 Å². The van der Waals surface area contributed by atoms with Gasteiger partial charge in [-0.1, -0.05) is 0 Å². The van der Waals surface area contributed by atoms with Gasteiger partial charge < -0.3 is 23.7 Å². The topological polar surface area (TPSA) is 75.8 Å². The number of thiazole rings is 1. The maximum Gasteiger partial charge on any atom is 0.387 e. The third-order valence-corrected chi connectivity index (χ3v) is 5.50. The Labute approximate surface area is 199 Å². The van der Waals surface area contributed by atoms with E-state index < -0.39 is 6.61 Å². The van der Waals surface area contributed by atoms with Gasteiger partial charge in [0.25, 0.3) is 0 Å². The van der Waals surface area contributed by atoms with Crippen molar-refractivity contribution in [3.63, 3.8) is 0 Å². The van der Waals surface area contributed by atoms with Crippen molar-refractivity contribution < 1.29 is 32.5 Å². The van der Waals surface area contributed by atoms with Crippen molar-refractivity contribution in [1.29, 1.82) is 0 Å². The molecular formula is C23H25F2N3O5S. The van der Waals surface area contributed by atoms with Crippen LogP contribution in [0.1, 0.15) is 5.56 Å². The number of hydrogen-bond acceptors (Lipinski definition) is 8. The molecular weight excluding hydrogens is 468 g/mol. The van der Waals surface area contributed by atoms with Crippen molar-refractivity contribution in [2.45, 2.75) is 6.61 Å². The zero-order valence-electron chi connectivity index (χ0n) is 19.2. The van der Waals surface area contributed by atoms with E-state index >= 15 is 0 Å². The molecule has 3 aromatic rings. The molecule has 0 atom stereocenters. The summed E-state index contributed by atoms with van der Waals surface area (Å²) in [4.78, 5) is 5.19. The first-order valence-electron chi connectivity index (χ1n) is 10.1. The molecule has 1 heterocycles. The zero-order valence-corrected chi connectivity index (χ0v) is 20.0. The minimum absolute atomic E-state index is 0.0732.